The Morgan fingerprint density at radius 2 is 1.82 bits per heavy atom. The van der Waals surface area contributed by atoms with Crippen molar-refractivity contribution in [1.29, 1.82) is 0 Å². The highest BCUT2D eigenvalue weighted by atomic mass is 16.5. The maximum absolute atomic E-state index is 11.9. The lowest BCUT2D eigenvalue weighted by molar-refractivity contribution is -0.146. The summed E-state index contributed by atoms with van der Waals surface area (Å²) in [7, 11) is 1.23. The van der Waals surface area contributed by atoms with Gasteiger partial charge in [0.15, 0.2) is 0 Å². The topological polar surface area (TPSA) is 136 Å². The number of methoxy groups -OCH3 is 1. The number of aliphatic carboxylic acids is 1. The number of carboxylic acids is 1. The van der Waals surface area contributed by atoms with Crippen LogP contribution in [0.5, 0.6) is 0 Å². The van der Waals surface area contributed by atoms with Gasteiger partial charge in [-0.05, 0) is 12.3 Å². The number of ether oxygens (including phenoxy) is 1. The number of carbonyl (C=O) groups excluding carboxylic acids is 3. The lowest BCUT2D eigenvalue weighted by atomic mass is 9.96. The summed E-state index contributed by atoms with van der Waals surface area (Å²) >= 11 is 0. The molecule has 22 heavy (non-hydrogen) atoms. The van der Waals surface area contributed by atoms with Crippen molar-refractivity contribution in [2.24, 2.45) is 11.7 Å². The second-order valence-corrected chi connectivity index (χ2v) is 5.12. The fraction of sp³-hybridized carbons (Fsp3) is 0.714. The molecule has 4 N–H and O–H groups in total. The lowest BCUT2D eigenvalue weighted by Gasteiger charge is -2.18. The van der Waals surface area contributed by atoms with Crippen LogP contribution in [0.4, 0.5) is 0 Å². The highest BCUT2D eigenvalue weighted by Gasteiger charge is 2.24. The number of esters is 1. The van der Waals surface area contributed by atoms with Crippen molar-refractivity contribution in [2.45, 2.75) is 51.5 Å². The molecule has 0 fully saturated rings. The molecule has 0 spiro atoms. The monoisotopic (exact) mass is 316 g/mol. The number of hydrogen-bond donors (Lipinski definition) is 3. The van der Waals surface area contributed by atoms with Crippen LogP contribution in [0.2, 0.25) is 0 Å². The molecule has 8 nitrogen and oxygen atoms in total. The minimum atomic E-state index is -1.12. The van der Waals surface area contributed by atoms with Gasteiger partial charge < -0.3 is 20.9 Å². The first-order valence-corrected chi connectivity index (χ1v) is 7.17. The molecule has 0 bridgehead atoms. The van der Waals surface area contributed by atoms with Gasteiger partial charge in [0.2, 0.25) is 11.8 Å². The van der Waals surface area contributed by atoms with Gasteiger partial charge in [0.25, 0.3) is 0 Å². The van der Waals surface area contributed by atoms with E-state index in [9.17, 15) is 19.2 Å². The van der Waals surface area contributed by atoms with Gasteiger partial charge in [0.05, 0.1) is 7.11 Å². The number of nitrogens with one attached hydrogen (secondary N) is 1. The largest absolute Gasteiger partial charge is 0.481 e. The van der Waals surface area contributed by atoms with Gasteiger partial charge in [0.1, 0.15) is 6.04 Å². The molecule has 0 aliphatic carbocycles. The van der Waals surface area contributed by atoms with Crippen LogP contribution in [-0.4, -0.2) is 42.0 Å². The van der Waals surface area contributed by atoms with Crippen LogP contribution in [0, 0.1) is 5.92 Å². The van der Waals surface area contributed by atoms with Gasteiger partial charge >= 0.3 is 11.9 Å². The van der Waals surface area contributed by atoms with Crippen molar-refractivity contribution in [3.05, 3.63) is 0 Å². The van der Waals surface area contributed by atoms with E-state index >= 15 is 0 Å². The van der Waals surface area contributed by atoms with Crippen LogP contribution < -0.4 is 11.1 Å². The third kappa shape index (κ3) is 8.93. The summed E-state index contributed by atoms with van der Waals surface area (Å²) in [5.41, 5.74) is 5.04. The smallest absolute Gasteiger partial charge is 0.328 e. The summed E-state index contributed by atoms with van der Waals surface area (Å²) in [6, 6.07) is -0.767. The molecular weight excluding hydrogens is 292 g/mol. The molecule has 0 radical (unpaired) electrons. The Morgan fingerprint density at radius 1 is 1.18 bits per heavy atom. The van der Waals surface area contributed by atoms with Gasteiger partial charge in [-0.25, -0.2) is 4.79 Å². The maximum Gasteiger partial charge on any atom is 0.328 e. The quantitative estimate of drug-likeness (QED) is 0.466. The molecule has 0 aromatic rings. The summed E-state index contributed by atoms with van der Waals surface area (Å²) in [6.45, 7) is 1.95. The number of rotatable bonds is 11. The number of carbonyl (C=O) groups is 4. The Labute approximate surface area is 129 Å². The van der Waals surface area contributed by atoms with Crippen LogP contribution in [0.1, 0.15) is 45.4 Å². The molecule has 0 aliphatic heterocycles. The first kappa shape index (κ1) is 19.9. The SMILES string of the molecule is CCCCC(NC(=O)CC(CC(N)=O)CC(=O)O)C(=O)OC. The molecule has 2 amide bonds. The molecule has 0 aromatic heterocycles. The number of primary amides is 1. The van der Waals surface area contributed by atoms with Crippen molar-refractivity contribution in [1.82, 2.24) is 5.32 Å². The molecule has 0 aliphatic rings. The van der Waals surface area contributed by atoms with Gasteiger partial charge in [-0.3, -0.25) is 14.4 Å². The van der Waals surface area contributed by atoms with E-state index in [0.717, 1.165) is 12.8 Å². The summed E-state index contributed by atoms with van der Waals surface area (Å²) in [4.78, 5) is 45.2. The second kappa shape index (κ2) is 10.6. The van der Waals surface area contributed by atoms with Gasteiger partial charge in [0, 0.05) is 19.3 Å². The Hall–Kier alpha value is -2.12. The van der Waals surface area contributed by atoms with E-state index in [4.69, 9.17) is 10.8 Å². The van der Waals surface area contributed by atoms with Crippen molar-refractivity contribution in [3.8, 4) is 0 Å². The standard InChI is InChI=1S/C14H24N2O6/c1-3-4-5-10(14(21)22-2)16-12(18)7-9(6-11(15)17)8-13(19)20/h9-10H,3-8H2,1-2H3,(H2,15,17)(H,16,18)(H,19,20). The minimum Gasteiger partial charge on any atom is -0.481 e. The summed E-state index contributed by atoms with van der Waals surface area (Å²) in [5, 5.41) is 11.3. The molecule has 0 heterocycles. The number of unbranched alkanes of at least 4 members (excludes halogenated alkanes) is 1. The van der Waals surface area contributed by atoms with Crippen LogP contribution in [0.15, 0.2) is 0 Å². The van der Waals surface area contributed by atoms with Crippen LogP contribution in [0.25, 0.3) is 0 Å². The Morgan fingerprint density at radius 3 is 2.27 bits per heavy atom. The van der Waals surface area contributed by atoms with Crippen molar-refractivity contribution in [3.63, 3.8) is 0 Å². The molecule has 2 atom stereocenters. The molecule has 0 rings (SSSR count). The summed E-state index contributed by atoms with van der Waals surface area (Å²) in [5.74, 6) is -3.53. The van der Waals surface area contributed by atoms with E-state index in [1.54, 1.807) is 0 Å². The highest BCUT2D eigenvalue weighted by molar-refractivity contribution is 5.85. The molecule has 8 heteroatoms. The van der Waals surface area contributed by atoms with Crippen molar-refractivity contribution < 1.29 is 29.0 Å². The van der Waals surface area contributed by atoms with Crippen LogP contribution in [0.3, 0.4) is 0 Å². The molecule has 126 valence electrons. The van der Waals surface area contributed by atoms with Gasteiger partial charge in [-0.2, -0.15) is 0 Å². The number of carboxylic acid groups (broad SMARTS) is 1. The maximum atomic E-state index is 11.9. The number of hydrogen-bond acceptors (Lipinski definition) is 5. The predicted molar refractivity (Wildman–Crippen MR) is 77.6 cm³/mol. The van der Waals surface area contributed by atoms with Crippen LogP contribution in [-0.2, 0) is 23.9 Å². The third-order valence-corrected chi connectivity index (χ3v) is 3.09. The molecule has 0 saturated heterocycles. The fourth-order valence-corrected chi connectivity index (χ4v) is 2.06. The van der Waals surface area contributed by atoms with Gasteiger partial charge in [-0.1, -0.05) is 19.8 Å². The van der Waals surface area contributed by atoms with E-state index < -0.39 is 35.7 Å². The average Bonchev–Trinajstić information content (AvgIpc) is 2.40. The Kier molecular flexibility index (Phi) is 9.56. The third-order valence-electron chi connectivity index (χ3n) is 3.09. The Balaban J connectivity index is 4.64. The molecule has 0 aromatic carbocycles. The van der Waals surface area contributed by atoms with E-state index in [1.807, 2.05) is 6.92 Å². The van der Waals surface area contributed by atoms with E-state index in [1.165, 1.54) is 7.11 Å². The van der Waals surface area contributed by atoms with E-state index in [0.29, 0.717) is 6.42 Å². The van der Waals surface area contributed by atoms with Gasteiger partial charge in [-0.15, -0.1) is 0 Å². The zero-order valence-electron chi connectivity index (χ0n) is 13.0. The highest BCUT2D eigenvalue weighted by Crippen LogP contribution is 2.14. The first-order valence-electron chi connectivity index (χ1n) is 7.17. The molecular formula is C14H24N2O6. The summed E-state index contributed by atoms with van der Waals surface area (Å²) < 4.78 is 4.62. The summed E-state index contributed by atoms with van der Waals surface area (Å²) in [6.07, 6.45) is 1.31. The molecule has 0 saturated carbocycles. The predicted octanol–water partition coefficient (Wildman–Crippen LogP) is 0.191. The molecule has 2 unspecified atom stereocenters. The zero-order valence-corrected chi connectivity index (χ0v) is 13.0. The number of nitrogens with two attached hydrogens (primary N) is 1. The second-order valence-electron chi connectivity index (χ2n) is 5.12. The van der Waals surface area contributed by atoms with Crippen LogP contribution >= 0.6 is 0 Å². The average molecular weight is 316 g/mol. The normalized spacial score (nSPS) is 13.0. The Bertz CT molecular complexity index is 394. The van der Waals surface area contributed by atoms with Crippen molar-refractivity contribution >= 4 is 23.8 Å². The first-order chi connectivity index (χ1) is 10.3. The fourth-order valence-electron chi connectivity index (χ4n) is 2.06. The van der Waals surface area contributed by atoms with E-state index in [-0.39, 0.29) is 19.3 Å². The minimum absolute atomic E-state index is 0.186. The van der Waals surface area contributed by atoms with E-state index in [2.05, 4.69) is 10.1 Å². The zero-order chi connectivity index (χ0) is 17.1. The van der Waals surface area contributed by atoms with Crippen molar-refractivity contribution in [2.75, 3.05) is 7.11 Å². The lowest BCUT2D eigenvalue weighted by Crippen LogP contribution is -2.42. The number of amides is 2.